The molecule has 0 aliphatic rings. The van der Waals surface area contributed by atoms with Crippen molar-refractivity contribution in [2.24, 2.45) is 0 Å². The van der Waals surface area contributed by atoms with Crippen molar-refractivity contribution >= 4 is 5.97 Å². The molecule has 0 amide bonds. The Hall–Kier alpha value is -1.38. The standard InChI is InChI=1S/C10H11FO2/c1-2-3-10(12)13-9-6-4-8(11)5-7-9/h4-7H,2-3H2,1H3. The van der Waals surface area contributed by atoms with Crippen LogP contribution in [0.25, 0.3) is 0 Å². The molecule has 2 nitrogen and oxygen atoms in total. The van der Waals surface area contributed by atoms with Crippen LogP contribution < -0.4 is 4.74 Å². The van der Waals surface area contributed by atoms with Crippen LogP contribution >= 0.6 is 0 Å². The molecule has 1 aromatic carbocycles. The number of ether oxygens (including phenoxy) is 1. The van der Waals surface area contributed by atoms with Crippen molar-refractivity contribution in [2.45, 2.75) is 19.8 Å². The molecule has 0 radical (unpaired) electrons. The van der Waals surface area contributed by atoms with Gasteiger partial charge >= 0.3 is 5.97 Å². The van der Waals surface area contributed by atoms with E-state index in [-0.39, 0.29) is 11.8 Å². The Balaban J connectivity index is 2.54. The van der Waals surface area contributed by atoms with E-state index in [9.17, 15) is 9.18 Å². The van der Waals surface area contributed by atoms with Crippen molar-refractivity contribution in [3.05, 3.63) is 30.1 Å². The Morgan fingerprint density at radius 3 is 2.54 bits per heavy atom. The van der Waals surface area contributed by atoms with E-state index in [0.29, 0.717) is 12.2 Å². The maximum absolute atomic E-state index is 12.4. The number of carbonyl (C=O) groups is 1. The van der Waals surface area contributed by atoms with Gasteiger partial charge in [-0.3, -0.25) is 4.79 Å². The average molecular weight is 182 g/mol. The molecule has 13 heavy (non-hydrogen) atoms. The second-order valence-corrected chi connectivity index (χ2v) is 2.68. The van der Waals surface area contributed by atoms with E-state index in [1.54, 1.807) is 0 Å². The first kappa shape index (κ1) is 9.71. The van der Waals surface area contributed by atoms with Gasteiger partial charge in [-0.05, 0) is 30.7 Å². The van der Waals surface area contributed by atoms with Crippen LogP contribution in [0.1, 0.15) is 19.8 Å². The Kier molecular flexibility index (Phi) is 3.43. The molecule has 0 bridgehead atoms. The van der Waals surface area contributed by atoms with Crippen LogP contribution in [0.4, 0.5) is 4.39 Å². The summed E-state index contributed by atoms with van der Waals surface area (Å²) in [5, 5.41) is 0. The van der Waals surface area contributed by atoms with E-state index < -0.39 is 0 Å². The lowest BCUT2D eigenvalue weighted by Gasteiger charge is -2.01. The van der Waals surface area contributed by atoms with Crippen LogP contribution in [0.15, 0.2) is 24.3 Å². The van der Waals surface area contributed by atoms with Gasteiger partial charge in [-0.1, -0.05) is 6.92 Å². The number of halogens is 1. The molecule has 0 saturated carbocycles. The van der Waals surface area contributed by atoms with Gasteiger partial charge in [0.1, 0.15) is 11.6 Å². The van der Waals surface area contributed by atoms with E-state index in [2.05, 4.69) is 0 Å². The minimum absolute atomic E-state index is 0.283. The van der Waals surface area contributed by atoms with Gasteiger partial charge in [-0.15, -0.1) is 0 Å². The Morgan fingerprint density at radius 1 is 1.38 bits per heavy atom. The SMILES string of the molecule is CCCC(=O)Oc1ccc(F)cc1. The highest BCUT2D eigenvalue weighted by molar-refractivity contribution is 5.72. The average Bonchev–Trinajstić information content (AvgIpc) is 2.09. The van der Waals surface area contributed by atoms with E-state index in [1.165, 1.54) is 24.3 Å². The molecule has 0 spiro atoms. The summed E-state index contributed by atoms with van der Waals surface area (Å²) in [6.45, 7) is 1.89. The molecule has 0 aliphatic heterocycles. The summed E-state index contributed by atoms with van der Waals surface area (Å²) in [5.41, 5.74) is 0. The van der Waals surface area contributed by atoms with Gasteiger partial charge in [-0.25, -0.2) is 4.39 Å². The molecule has 0 aliphatic carbocycles. The van der Waals surface area contributed by atoms with Gasteiger partial charge in [0.2, 0.25) is 0 Å². The van der Waals surface area contributed by atoms with E-state index in [1.807, 2.05) is 6.92 Å². The fourth-order valence-electron chi connectivity index (χ4n) is 0.889. The van der Waals surface area contributed by atoms with Gasteiger partial charge in [0.25, 0.3) is 0 Å². The summed E-state index contributed by atoms with van der Waals surface area (Å²) in [6, 6.07) is 5.38. The highest BCUT2D eigenvalue weighted by Crippen LogP contribution is 2.11. The lowest BCUT2D eigenvalue weighted by Crippen LogP contribution is -2.06. The molecule has 0 N–H and O–H groups in total. The lowest BCUT2D eigenvalue weighted by molar-refractivity contribution is -0.134. The highest BCUT2D eigenvalue weighted by atomic mass is 19.1. The van der Waals surface area contributed by atoms with Crippen LogP contribution in [0.3, 0.4) is 0 Å². The molecule has 0 aromatic heterocycles. The number of rotatable bonds is 3. The first-order valence-electron chi connectivity index (χ1n) is 4.18. The molecule has 70 valence electrons. The predicted molar refractivity (Wildman–Crippen MR) is 46.9 cm³/mol. The lowest BCUT2D eigenvalue weighted by atomic mass is 10.3. The molecule has 3 heteroatoms. The third-order valence-electron chi connectivity index (χ3n) is 1.50. The third-order valence-corrected chi connectivity index (χ3v) is 1.50. The summed E-state index contributed by atoms with van der Waals surface area (Å²) in [5.74, 6) is -0.232. The van der Waals surface area contributed by atoms with Gasteiger partial charge in [0.15, 0.2) is 0 Å². The zero-order valence-electron chi connectivity index (χ0n) is 7.42. The van der Waals surface area contributed by atoms with Gasteiger partial charge in [0.05, 0.1) is 0 Å². The topological polar surface area (TPSA) is 26.3 Å². The minimum atomic E-state index is -0.338. The number of hydrogen-bond donors (Lipinski definition) is 0. The molecule has 0 atom stereocenters. The molecule has 0 fully saturated rings. The van der Waals surface area contributed by atoms with Crippen LogP contribution in [0.5, 0.6) is 5.75 Å². The Bertz CT molecular complexity index is 279. The molecular formula is C10H11FO2. The summed E-state index contributed by atoms with van der Waals surface area (Å²) in [7, 11) is 0. The first-order valence-corrected chi connectivity index (χ1v) is 4.18. The van der Waals surface area contributed by atoms with Gasteiger partial charge in [-0.2, -0.15) is 0 Å². The second-order valence-electron chi connectivity index (χ2n) is 2.68. The maximum atomic E-state index is 12.4. The summed E-state index contributed by atoms with van der Waals surface area (Å²) in [4.78, 5) is 11.0. The van der Waals surface area contributed by atoms with Crippen molar-refractivity contribution in [3.63, 3.8) is 0 Å². The van der Waals surface area contributed by atoms with Gasteiger partial charge < -0.3 is 4.74 Å². The fourth-order valence-corrected chi connectivity index (χ4v) is 0.889. The van der Waals surface area contributed by atoms with Crippen molar-refractivity contribution in [2.75, 3.05) is 0 Å². The maximum Gasteiger partial charge on any atom is 0.311 e. The molecule has 1 aromatic rings. The molecule has 0 heterocycles. The van der Waals surface area contributed by atoms with E-state index in [0.717, 1.165) is 6.42 Å². The van der Waals surface area contributed by atoms with Crippen LogP contribution in [-0.4, -0.2) is 5.97 Å². The fraction of sp³-hybridized carbons (Fsp3) is 0.300. The third kappa shape index (κ3) is 3.23. The second kappa shape index (κ2) is 4.60. The van der Waals surface area contributed by atoms with Crippen LogP contribution in [0, 0.1) is 5.82 Å². The van der Waals surface area contributed by atoms with Crippen LogP contribution in [-0.2, 0) is 4.79 Å². The minimum Gasteiger partial charge on any atom is -0.427 e. The Labute approximate surface area is 76.3 Å². The smallest absolute Gasteiger partial charge is 0.311 e. The monoisotopic (exact) mass is 182 g/mol. The number of hydrogen-bond acceptors (Lipinski definition) is 2. The number of benzene rings is 1. The van der Waals surface area contributed by atoms with Crippen molar-refractivity contribution in [3.8, 4) is 5.75 Å². The molecule has 0 saturated heterocycles. The Morgan fingerprint density at radius 2 is 2.00 bits per heavy atom. The quantitative estimate of drug-likeness (QED) is 0.530. The van der Waals surface area contributed by atoms with E-state index >= 15 is 0 Å². The normalized spacial score (nSPS) is 9.69. The predicted octanol–water partition coefficient (Wildman–Crippen LogP) is 2.53. The van der Waals surface area contributed by atoms with Crippen molar-refractivity contribution in [1.29, 1.82) is 0 Å². The van der Waals surface area contributed by atoms with Crippen molar-refractivity contribution < 1.29 is 13.9 Å². The van der Waals surface area contributed by atoms with Gasteiger partial charge in [0, 0.05) is 6.42 Å². The van der Waals surface area contributed by atoms with Crippen molar-refractivity contribution in [1.82, 2.24) is 0 Å². The van der Waals surface area contributed by atoms with E-state index in [4.69, 9.17) is 4.74 Å². The molecular weight excluding hydrogens is 171 g/mol. The zero-order chi connectivity index (χ0) is 9.68. The zero-order valence-corrected chi connectivity index (χ0v) is 7.42. The number of carbonyl (C=O) groups excluding carboxylic acids is 1. The highest BCUT2D eigenvalue weighted by Gasteiger charge is 2.02. The summed E-state index contributed by atoms with van der Waals surface area (Å²) >= 11 is 0. The summed E-state index contributed by atoms with van der Waals surface area (Å²) in [6.07, 6.45) is 1.14. The largest absolute Gasteiger partial charge is 0.427 e. The van der Waals surface area contributed by atoms with Crippen LogP contribution in [0.2, 0.25) is 0 Å². The molecule has 0 unspecified atom stereocenters. The summed E-state index contributed by atoms with van der Waals surface area (Å²) < 4.78 is 17.3. The molecule has 1 rings (SSSR count). The first-order chi connectivity index (χ1) is 6.22. The number of esters is 1.